The maximum atomic E-state index is 11.2. The maximum absolute atomic E-state index is 11.2. The minimum absolute atomic E-state index is 0.0540. The second-order valence-electron chi connectivity index (χ2n) is 3.02. The Morgan fingerprint density at radius 1 is 1.43 bits per heavy atom. The Bertz CT molecular complexity index is 234. The van der Waals surface area contributed by atoms with Crippen molar-refractivity contribution in [2.75, 3.05) is 12.4 Å². The topological polar surface area (TPSA) is 83.8 Å². The number of ether oxygens (including phenoxy) is 1. The van der Waals surface area contributed by atoms with Crippen LogP contribution in [0.5, 0.6) is 0 Å². The summed E-state index contributed by atoms with van der Waals surface area (Å²) in [4.78, 5) is 21.4. The fourth-order valence-electron chi connectivity index (χ4n) is 1.13. The summed E-state index contributed by atoms with van der Waals surface area (Å²) in [6.07, 6.45) is -0.383. The summed E-state index contributed by atoms with van der Waals surface area (Å²) in [5, 5.41) is 16.5. The van der Waals surface area contributed by atoms with Crippen molar-refractivity contribution >= 4 is 23.5 Å². The number of Topliss-reactive ketones (excluding diaryl/α,β-unsaturated/α-hetero) is 1. The van der Waals surface area contributed by atoms with E-state index >= 15 is 0 Å². The smallest absolute Gasteiger partial charge is 0.303 e. The second kappa shape index (κ2) is 4.77. The van der Waals surface area contributed by atoms with Crippen molar-refractivity contribution in [3.05, 3.63) is 0 Å². The summed E-state index contributed by atoms with van der Waals surface area (Å²) in [5.74, 6) is -0.641. The first kappa shape index (κ1) is 11.5. The third-order valence-corrected chi connectivity index (χ3v) is 2.86. The molecule has 1 atom stereocenters. The average Bonchev–Trinajstić information content (AvgIpc) is 2.48. The highest BCUT2D eigenvalue weighted by atomic mass is 32.2. The van der Waals surface area contributed by atoms with Crippen LogP contribution in [0, 0.1) is 0 Å². The minimum atomic E-state index is -1.42. The maximum Gasteiger partial charge on any atom is 0.303 e. The van der Waals surface area contributed by atoms with Crippen molar-refractivity contribution in [3.63, 3.8) is 0 Å². The van der Waals surface area contributed by atoms with Gasteiger partial charge in [-0.3, -0.25) is 9.59 Å². The molecule has 0 bridgehead atoms. The Balaban J connectivity index is 2.29. The molecule has 1 fully saturated rings. The molecular formula is C8H12O5S. The zero-order valence-corrected chi connectivity index (χ0v) is 8.38. The van der Waals surface area contributed by atoms with Gasteiger partial charge in [0.25, 0.3) is 0 Å². The zero-order valence-electron chi connectivity index (χ0n) is 7.56. The number of aliphatic carboxylic acids is 1. The molecule has 1 rings (SSSR count). The van der Waals surface area contributed by atoms with Crippen molar-refractivity contribution in [2.45, 2.75) is 24.4 Å². The molecule has 0 aliphatic carbocycles. The number of hydrogen-bond donors (Lipinski definition) is 2. The van der Waals surface area contributed by atoms with Crippen LogP contribution >= 0.6 is 11.8 Å². The molecule has 0 aromatic rings. The van der Waals surface area contributed by atoms with Gasteiger partial charge in [0.1, 0.15) is 5.78 Å². The quantitative estimate of drug-likeness (QED) is 0.689. The standard InChI is InChI=1S/C8H12O5S/c9-6(1-2-7(10)11)5-8(12)13-3-4-14-8/h12H,1-5H2,(H,10,11). The summed E-state index contributed by atoms with van der Waals surface area (Å²) >= 11 is 1.17. The molecule has 5 nitrogen and oxygen atoms in total. The van der Waals surface area contributed by atoms with E-state index in [0.29, 0.717) is 12.4 Å². The van der Waals surface area contributed by atoms with Crippen LogP contribution in [0.3, 0.4) is 0 Å². The number of carbonyl (C=O) groups is 2. The Hall–Kier alpha value is -0.590. The summed E-state index contributed by atoms with van der Waals surface area (Å²) in [5.41, 5.74) is 0. The lowest BCUT2D eigenvalue weighted by atomic mass is 10.1. The first-order chi connectivity index (χ1) is 6.52. The molecule has 0 saturated carbocycles. The van der Waals surface area contributed by atoms with Gasteiger partial charge in [0, 0.05) is 12.2 Å². The Labute approximate surface area is 85.4 Å². The third kappa shape index (κ3) is 3.65. The number of carboxylic acid groups (broad SMARTS) is 1. The number of ketones is 1. The molecular weight excluding hydrogens is 208 g/mol. The van der Waals surface area contributed by atoms with Crippen LogP contribution in [-0.2, 0) is 14.3 Å². The van der Waals surface area contributed by atoms with Gasteiger partial charge in [0.05, 0.1) is 19.4 Å². The fourth-order valence-corrected chi connectivity index (χ4v) is 2.05. The van der Waals surface area contributed by atoms with Gasteiger partial charge in [0.2, 0.25) is 5.12 Å². The van der Waals surface area contributed by atoms with E-state index in [1.54, 1.807) is 0 Å². The lowest BCUT2D eigenvalue weighted by Gasteiger charge is -2.18. The molecule has 0 radical (unpaired) electrons. The minimum Gasteiger partial charge on any atom is -0.481 e. The van der Waals surface area contributed by atoms with Crippen molar-refractivity contribution in [2.24, 2.45) is 0 Å². The molecule has 1 unspecified atom stereocenters. The van der Waals surface area contributed by atoms with Crippen molar-refractivity contribution in [3.8, 4) is 0 Å². The van der Waals surface area contributed by atoms with Crippen LogP contribution < -0.4 is 0 Å². The molecule has 0 amide bonds. The van der Waals surface area contributed by atoms with Gasteiger partial charge in [-0.05, 0) is 0 Å². The van der Waals surface area contributed by atoms with Crippen LogP contribution in [0.15, 0.2) is 0 Å². The molecule has 0 spiro atoms. The monoisotopic (exact) mass is 220 g/mol. The van der Waals surface area contributed by atoms with Crippen molar-refractivity contribution in [1.29, 1.82) is 0 Å². The number of carbonyl (C=O) groups excluding carboxylic acids is 1. The van der Waals surface area contributed by atoms with Crippen molar-refractivity contribution in [1.82, 2.24) is 0 Å². The van der Waals surface area contributed by atoms with E-state index in [9.17, 15) is 14.7 Å². The van der Waals surface area contributed by atoms with Crippen molar-refractivity contribution < 1.29 is 24.5 Å². The molecule has 14 heavy (non-hydrogen) atoms. The van der Waals surface area contributed by atoms with Crippen LogP contribution in [0.1, 0.15) is 19.3 Å². The second-order valence-corrected chi connectivity index (χ2v) is 4.35. The highest BCUT2D eigenvalue weighted by Gasteiger charge is 2.35. The molecule has 1 saturated heterocycles. The molecule has 2 N–H and O–H groups in total. The SMILES string of the molecule is O=C(O)CCC(=O)CC1(O)OCCS1. The molecule has 0 aromatic carbocycles. The molecule has 1 aliphatic heterocycles. The van der Waals surface area contributed by atoms with Crippen LogP contribution in [0.2, 0.25) is 0 Å². The van der Waals surface area contributed by atoms with E-state index in [2.05, 4.69) is 0 Å². The lowest BCUT2D eigenvalue weighted by Crippen LogP contribution is -2.27. The van der Waals surface area contributed by atoms with Gasteiger partial charge in [-0.2, -0.15) is 0 Å². The molecule has 6 heteroatoms. The number of carboxylic acids is 1. The molecule has 0 aromatic heterocycles. The first-order valence-electron chi connectivity index (χ1n) is 4.26. The van der Waals surface area contributed by atoms with E-state index in [4.69, 9.17) is 9.84 Å². The van der Waals surface area contributed by atoms with Crippen LogP contribution in [-0.4, -0.2) is 39.4 Å². The Morgan fingerprint density at radius 2 is 2.14 bits per heavy atom. The van der Waals surface area contributed by atoms with Crippen LogP contribution in [0.4, 0.5) is 0 Å². The summed E-state index contributed by atoms with van der Waals surface area (Å²) in [6, 6.07) is 0. The number of thioether (sulfide) groups is 1. The predicted molar refractivity (Wildman–Crippen MR) is 49.9 cm³/mol. The molecule has 1 aliphatic rings. The number of aliphatic hydroxyl groups is 1. The lowest BCUT2D eigenvalue weighted by molar-refractivity contribution is -0.146. The predicted octanol–water partition coefficient (Wildman–Crippen LogP) is 0.220. The summed E-state index contributed by atoms with van der Waals surface area (Å²) in [6.45, 7) is 0.424. The zero-order chi connectivity index (χ0) is 10.6. The van der Waals surface area contributed by atoms with E-state index < -0.39 is 11.1 Å². The van der Waals surface area contributed by atoms with Gasteiger partial charge in [-0.15, -0.1) is 0 Å². The van der Waals surface area contributed by atoms with Gasteiger partial charge in [-0.25, -0.2) is 0 Å². The summed E-state index contributed by atoms with van der Waals surface area (Å²) in [7, 11) is 0. The highest BCUT2D eigenvalue weighted by Crippen LogP contribution is 2.33. The third-order valence-electron chi connectivity index (χ3n) is 1.78. The summed E-state index contributed by atoms with van der Waals surface area (Å²) < 4.78 is 4.97. The van der Waals surface area contributed by atoms with Crippen LogP contribution in [0.25, 0.3) is 0 Å². The normalized spacial score (nSPS) is 26.4. The number of hydrogen-bond acceptors (Lipinski definition) is 5. The van der Waals surface area contributed by atoms with Gasteiger partial charge < -0.3 is 14.9 Å². The molecule has 1 heterocycles. The largest absolute Gasteiger partial charge is 0.481 e. The van der Waals surface area contributed by atoms with Gasteiger partial charge in [-0.1, -0.05) is 11.8 Å². The van der Waals surface area contributed by atoms with E-state index in [-0.39, 0.29) is 25.0 Å². The Kier molecular flexibility index (Phi) is 3.91. The van der Waals surface area contributed by atoms with E-state index in [1.807, 2.05) is 0 Å². The van der Waals surface area contributed by atoms with Gasteiger partial charge >= 0.3 is 5.97 Å². The number of rotatable bonds is 5. The fraction of sp³-hybridized carbons (Fsp3) is 0.750. The molecule has 80 valence electrons. The van der Waals surface area contributed by atoms with Gasteiger partial charge in [0.15, 0.2) is 0 Å². The first-order valence-corrected chi connectivity index (χ1v) is 5.24. The van der Waals surface area contributed by atoms with E-state index in [0.717, 1.165) is 0 Å². The van der Waals surface area contributed by atoms with E-state index in [1.165, 1.54) is 11.8 Å². The highest BCUT2D eigenvalue weighted by molar-refractivity contribution is 8.00. The Morgan fingerprint density at radius 3 is 2.64 bits per heavy atom. The average molecular weight is 220 g/mol.